The van der Waals surface area contributed by atoms with Crippen molar-refractivity contribution in [2.24, 2.45) is 5.16 Å². The molecule has 6 heteroatoms. The average Bonchev–Trinajstić information content (AvgIpc) is 2.18. The molecule has 0 aliphatic carbocycles. The highest BCUT2D eigenvalue weighted by Crippen LogP contribution is 2.23. The van der Waals surface area contributed by atoms with Gasteiger partial charge in [0.25, 0.3) is 5.69 Å². The fourth-order valence-electron chi connectivity index (χ4n) is 1.14. The molecule has 0 fully saturated rings. The lowest BCUT2D eigenvalue weighted by molar-refractivity contribution is -0.384. The van der Waals surface area contributed by atoms with Crippen molar-refractivity contribution in [2.45, 2.75) is 0 Å². The Bertz CT molecular complexity index is 402. The van der Waals surface area contributed by atoms with Crippen LogP contribution >= 0.6 is 0 Å². The largest absolute Gasteiger partial charge is 0.411 e. The van der Waals surface area contributed by atoms with E-state index < -0.39 is 4.92 Å². The van der Waals surface area contributed by atoms with Crippen LogP contribution in [0, 0.1) is 10.1 Å². The molecule has 0 unspecified atom stereocenters. The normalized spacial score (nSPS) is 10.5. The van der Waals surface area contributed by atoms with Crippen molar-refractivity contribution in [2.75, 3.05) is 19.0 Å². The van der Waals surface area contributed by atoms with Crippen LogP contribution < -0.4 is 4.90 Å². The predicted molar refractivity (Wildman–Crippen MR) is 56.8 cm³/mol. The van der Waals surface area contributed by atoms with Crippen LogP contribution in [0.25, 0.3) is 0 Å². The molecular formula is C9H11N3O3. The summed E-state index contributed by atoms with van der Waals surface area (Å²) >= 11 is 0. The van der Waals surface area contributed by atoms with Gasteiger partial charge in [-0.25, -0.2) is 0 Å². The second kappa shape index (κ2) is 4.41. The van der Waals surface area contributed by atoms with E-state index in [1.807, 2.05) is 0 Å². The summed E-state index contributed by atoms with van der Waals surface area (Å²) in [5.41, 5.74) is 0.906. The van der Waals surface area contributed by atoms with E-state index in [1.54, 1.807) is 25.1 Å². The molecule has 1 aromatic rings. The molecule has 0 spiro atoms. The van der Waals surface area contributed by atoms with Crippen LogP contribution in [-0.2, 0) is 0 Å². The number of benzene rings is 1. The Hall–Kier alpha value is -2.11. The Balaban J connectivity index is 3.27. The van der Waals surface area contributed by atoms with Crippen molar-refractivity contribution in [1.29, 1.82) is 0 Å². The summed E-state index contributed by atoms with van der Waals surface area (Å²) in [4.78, 5) is 12.0. The van der Waals surface area contributed by atoms with E-state index in [2.05, 4.69) is 5.16 Å². The van der Waals surface area contributed by atoms with Gasteiger partial charge in [0.05, 0.1) is 16.7 Å². The molecule has 0 saturated heterocycles. The van der Waals surface area contributed by atoms with E-state index >= 15 is 0 Å². The monoisotopic (exact) mass is 209 g/mol. The van der Waals surface area contributed by atoms with Crippen LogP contribution in [0.4, 0.5) is 11.4 Å². The number of hydrogen-bond donors (Lipinski definition) is 1. The van der Waals surface area contributed by atoms with Gasteiger partial charge in [-0.1, -0.05) is 5.16 Å². The predicted octanol–water partition coefficient (Wildman–Crippen LogP) is 1.47. The molecule has 0 aliphatic rings. The number of hydrogen-bond acceptors (Lipinski definition) is 5. The van der Waals surface area contributed by atoms with Gasteiger partial charge in [0, 0.05) is 25.8 Å². The van der Waals surface area contributed by atoms with Gasteiger partial charge in [-0.3, -0.25) is 10.1 Å². The van der Waals surface area contributed by atoms with Crippen LogP contribution in [-0.4, -0.2) is 30.4 Å². The maximum Gasteiger partial charge on any atom is 0.280 e. The van der Waals surface area contributed by atoms with Crippen LogP contribution in [0.1, 0.15) is 5.56 Å². The van der Waals surface area contributed by atoms with Gasteiger partial charge in [-0.05, 0) is 12.1 Å². The van der Waals surface area contributed by atoms with E-state index in [9.17, 15) is 10.1 Å². The van der Waals surface area contributed by atoms with Crippen molar-refractivity contribution >= 4 is 17.6 Å². The van der Waals surface area contributed by atoms with Crippen molar-refractivity contribution in [3.63, 3.8) is 0 Å². The summed E-state index contributed by atoms with van der Waals surface area (Å²) in [5.74, 6) is 0. The summed E-state index contributed by atoms with van der Waals surface area (Å²) < 4.78 is 0. The van der Waals surface area contributed by atoms with E-state index in [-0.39, 0.29) is 11.3 Å². The first-order chi connectivity index (χ1) is 7.06. The Morgan fingerprint density at radius 3 is 2.67 bits per heavy atom. The molecule has 0 amide bonds. The number of nitro benzene ring substituents is 1. The Kier molecular flexibility index (Phi) is 3.22. The molecule has 0 aromatic heterocycles. The molecule has 80 valence electrons. The fraction of sp³-hybridized carbons (Fsp3) is 0.222. The first kappa shape index (κ1) is 11.0. The topological polar surface area (TPSA) is 79.0 Å². The van der Waals surface area contributed by atoms with Gasteiger partial charge in [-0.2, -0.15) is 0 Å². The van der Waals surface area contributed by atoms with E-state index in [1.165, 1.54) is 12.1 Å². The number of anilines is 1. The highest BCUT2D eigenvalue weighted by molar-refractivity contribution is 5.86. The Labute approximate surface area is 86.6 Å². The standard InChI is InChI=1S/C9H11N3O3/c1-11(2)8-4-3-7(6-10-13)9(5-8)12(14)15/h3-6,13H,1-2H3/b10-6+. The molecular weight excluding hydrogens is 198 g/mol. The number of nitrogens with zero attached hydrogens (tertiary/aromatic N) is 3. The first-order valence-corrected chi connectivity index (χ1v) is 4.19. The summed E-state index contributed by atoms with van der Waals surface area (Å²) in [7, 11) is 3.58. The lowest BCUT2D eigenvalue weighted by Gasteiger charge is -2.12. The third-order valence-corrected chi connectivity index (χ3v) is 1.92. The third kappa shape index (κ3) is 2.43. The molecule has 0 atom stereocenters. The molecule has 0 saturated carbocycles. The zero-order chi connectivity index (χ0) is 11.4. The summed E-state index contributed by atoms with van der Waals surface area (Å²) in [5, 5.41) is 21.8. The van der Waals surface area contributed by atoms with Crippen molar-refractivity contribution in [3.8, 4) is 0 Å². The van der Waals surface area contributed by atoms with Crippen LogP contribution in [0.2, 0.25) is 0 Å². The maximum atomic E-state index is 10.7. The van der Waals surface area contributed by atoms with Gasteiger partial charge < -0.3 is 10.1 Å². The summed E-state index contributed by atoms with van der Waals surface area (Å²) in [6.45, 7) is 0. The SMILES string of the molecule is CN(C)c1ccc(/C=N/O)c([N+](=O)[O-])c1. The average molecular weight is 209 g/mol. The number of rotatable bonds is 3. The van der Waals surface area contributed by atoms with Gasteiger partial charge >= 0.3 is 0 Å². The van der Waals surface area contributed by atoms with Crippen LogP contribution in [0.3, 0.4) is 0 Å². The fourth-order valence-corrected chi connectivity index (χ4v) is 1.14. The third-order valence-electron chi connectivity index (χ3n) is 1.92. The smallest absolute Gasteiger partial charge is 0.280 e. The van der Waals surface area contributed by atoms with Crippen molar-refractivity contribution in [1.82, 2.24) is 0 Å². The molecule has 0 bridgehead atoms. The van der Waals surface area contributed by atoms with Gasteiger partial charge in [0.2, 0.25) is 0 Å². The lowest BCUT2D eigenvalue weighted by atomic mass is 10.1. The minimum atomic E-state index is -0.510. The Morgan fingerprint density at radius 2 is 2.20 bits per heavy atom. The second-order valence-electron chi connectivity index (χ2n) is 3.14. The summed E-state index contributed by atoms with van der Waals surface area (Å²) in [6.07, 6.45) is 1.04. The van der Waals surface area contributed by atoms with Crippen molar-refractivity contribution < 1.29 is 10.1 Å². The molecule has 6 nitrogen and oxygen atoms in total. The molecule has 15 heavy (non-hydrogen) atoms. The summed E-state index contributed by atoms with van der Waals surface area (Å²) in [6, 6.07) is 4.67. The zero-order valence-electron chi connectivity index (χ0n) is 8.41. The van der Waals surface area contributed by atoms with Crippen LogP contribution in [0.5, 0.6) is 0 Å². The highest BCUT2D eigenvalue weighted by Gasteiger charge is 2.13. The second-order valence-corrected chi connectivity index (χ2v) is 3.14. The molecule has 0 aliphatic heterocycles. The molecule has 0 heterocycles. The highest BCUT2D eigenvalue weighted by atomic mass is 16.6. The van der Waals surface area contributed by atoms with E-state index in [0.29, 0.717) is 0 Å². The molecule has 1 N–H and O–H groups in total. The minimum Gasteiger partial charge on any atom is -0.411 e. The lowest BCUT2D eigenvalue weighted by Crippen LogP contribution is -2.09. The van der Waals surface area contributed by atoms with Crippen LogP contribution in [0.15, 0.2) is 23.4 Å². The molecule has 0 radical (unpaired) electrons. The molecule has 1 rings (SSSR count). The zero-order valence-corrected chi connectivity index (χ0v) is 8.41. The quantitative estimate of drug-likeness (QED) is 0.354. The van der Waals surface area contributed by atoms with E-state index in [4.69, 9.17) is 5.21 Å². The molecule has 1 aromatic carbocycles. The van der Waals surface area contributed by atoms with Gasteiger partial charge in [0.1, 0.15) is 0 Å². The number of nitro groups is 1. The minimum absolute atomic E-state index is 0.0843. The van der Waals surface area contributed by atoms with Crippen molar-refractivity contribution in [3.05, 3.63) is 33.9 Å². The Morgan fingerprint density at radius 1 is 1.53 bits per heavy atom. The number of oxime groups is 1. The van der Waals surface area contributed by atoms with E-state index in [0.717, 1.165) is 11.9 Å². The first-order valence-electron chi connectivity index (χ1n) is 4.19. The van der Waals surface area contributed by atoms with Gasteiger partial charge in [0.15, 0.2) is 0 Å². The maximum absolute atomic E-state index is 10.7. The van der Waals surface area contributed by atoms with Gasteiger partial charge in [-0.15, -0.1) is 0 Å².